The lowest BCUT2D eigenvalue weighted by molar-refractivity contribution is -0.116. The van der Waals surface area contributed by atoms with Gasteiger partial charge in [0.1, 0.15) is 0 Å². The highest BCUT2D eigenvalue weighted by Gasteiger charge is 2.32. The monoisotopic (exact) mass is 424 g/mol. The maximum Gasteiger partial charge on any atom is 0.237 e. The first-order valence-electron chi connectivity index (χ1n) is 10.7. The van der Waals surface area contributed by atoms with Crippen LogP contribution in [-0.2, 0) is 4.79 Å². The van der Waals surface area contributed by atoms with Crippen molar-refractivity contribution in [3.05, 3.63) is 29.3 Å². The number of carbonyl (C=O) groups is 1. The molecule has 2 heterocycles. The molecule has 1 aliphatic carbocycles. The average molecular weight is 425 g/mol. The molecule has 2 aromatic rings. The zero-order valence-corrected chi connectivity index (χ0v) is 18.5. The summed E-state index contributed by atoms with van der Waals surface area (Å²) in [6.45, 7) is 6.55. The maximum atomic E-state index is 13.1. The molecule has 1 saturated carbocycles. The predicted molar refractivity (Wildman–Crippen MR) is 119 cm³/mol. The molecule has 1 aromatic carbocycles. The van der Waals surface area contributed by atoms with E-state index in [0.717, 1.165) is 48.3 Å². The van der Waals surface area contributed by atoms with E-state index in [2.05, 4.69) is 32.7 Å². The van der Waals surface area contributed by atoms with Gasteiger partial charge in [0.05, 0.1) is 18.2 Å². The SMILES string of the molecule is Cc1ccc(N(CCC#N)C(=O)CSc2nnc(N3CCCC3)n2C2CC2)cc1C. The number of hydrogen-bond acceptors (Lipinski definition) is 6. The quantitative estimate of drug-likeness (QED) is 0.599. The van der Waals surface area contributed by atoms with E-state index >= 15 is 0 Å². The minimum absolute atomic E-state index is 0.00780. The van der Waals surface area contributed by atoms with Gasteiger partial charge in [0.25, 0.3) is 0 Å². The topological polar surface area (TPSA) is 78.0 Å². The number of rotatable bonds is 8. The minimum Gasteiger partial charge on any atom is -0.341 e. The zero-order chi connectivity index (χ0) is 21.1. The first-order chi connectivity index (χ1) is 14.6. The summed E-state index contributed by atoms with van der Waals surface area (Å²) in [4.78, 5) is 17.1. The summed E-state index contributed by atoms with van der Waals surface area (Å²) in [6.07, 6.45) is 5.00. The van der Waals surface area contributed by atoms with Gasteiger partial charge in [0.15, 0.2) is 5.16 Å². The van der Waals surface area contributed by atoms with Crippen LogP contribution >= 0.6 is 11.8 Å². The summed E-state index contributed by atoms with van der Waals surface area (Å²) in [7, 11) is 0. The molecule has 0 atom stereocenters. The molecule has 0 N–H and O–H groups in total. The lowest BCUT2D eigenvalue weighted by atomic mass is 10.1. The molecule has 8 heteroatoms. The van der Waals surface area contributed by atoms with Crippen LogP contribution in [0.15, 0.2) is 23.4 Å². The Labute approximate surface area is 182 Å². The van der Waals surface area contributed by atoms with Gasteiger partial charge >= 0.3 is 0 Å². The smallest absolute Gasteiger partial charge is 0.237 e. The van der Waals surface area contributed by atoms with E-state index in [0.29, 0.717) is 19.0 Å². The van der Waals surface area contributed by atoms with E-state index in [9.17, 15) is 4.79 Å². The Morgan fingerprint density at radius 1 is 1.23 bits per heavy atom. The highest BCUT2D eigenvalue weighted by atomic mass is 32.2. The second-order valence-corrected chi connectivity index (χ2v) is 9.03. The highest BCUT2D eigenvalue weighted by Crippen LogP contribution is 2.41. The number of amides is 1. The summed E-state index contributed by atoms with van der Waals surface area (Å²) < 4.78 is 2.24. The van der Waals surface area contributed by atoms with Crippen molar-refractivity contribution in [3.8, 4) is 6.07 Å². The van der Waals surface area contributed by atoms with Gasteiger partial charge in [0, 0.05) is 31.4 Å². The summed E-state index contributed by atoms with van der Waals surface area (Å²) in [5, 5.41) is 18.8. The van der Waals surface area contributed by atoms with Crippen LogP contribution in [0.25, 0.3) is 0 Å². The molecule has 1 saturated heterocycles. The van der Waals surface area contributed by atoms with Crippen LogP contribution in [0.4, 0.5) is 11.6 Å². The molecule has 1 amide bonds. The summed E-state index contributed by atoms with van der Waals surface area (Å²) >= 11 is 1.46. The zero-order valence-electron chi connectivity index (χ0n) is 17.7. The molecule has 0 spiro atoms. The van der Waals surface area contributed by atoms with Crippen LogP contribution in [0.2, 0.25) is 0 Å². The van der Waals surface area contributed by atoms with Gasteiger partial charge in [-0.1, -0.05) is 17.8 Å². The van der Waals surface area contributed by atoms with Crippen LogP contribution in [0.1, 0.15) is 49.3 Å². The largest absolute Gasteiger partial charge is 0.341 e. The van der Waals surface area contributed by atoms with Crippen molar-refractivity contribution in [2.75, 3.05) is 35.2 Å². The molecule has 7 nitrogen and oxygen atoms in total. The molecule has 2 fully saturated rings. The predicted octanol–water partition coefficient (Wildman–Crippen LogP) is 3.87. The Hall–Kier alpha value is -2.53. The Balaban J connectivity index is 1.49. The fraction of sp³-hybridized carbons (Fsp3) is 0.545. The van der Waals surface area contributed by atoms with Crippen LogP contribution in [0.5, 0.6) is 0 Å². The van der Waals surface area contributed by atoms with Crippen molar-refractivity contribution in [1.82, 2.24) is 14.8 Å². The summed E-state index contributed by atoms with van der Waals surface area (Å²) in [6, 6.07) is 8.62. The summed E-state index contributed by atoms with van der Waals surface area (Å²) in [5.74, 6) is 1.23. The van der Waals surface area contributed by atoms with Gasteiger partial charge in [-0.05, 0) is 62.8 Å². The Morgan fingerprint density at radius 3 is 2.67 bits per heavy atom. The molecular formula is C22H28N6OS. The number of nitrogens with zero attached hydrogens (tertiary/aromatic N) is 6. The Bertz CT molecular complexity index is 955. The van der Waals surface area contributed by atoms with Crippen LogP contribution in [-0.4, -0.2) is 46.1 Å². The fourth-order valence-corrected chi connectivity index (χ4v) is 4.69. The van der Waals surface area contributed by atoms with Crippen LogP contribution in [0.3, 0.4) is 0 Å². The number of anilines is 2. The molecule has 30 heavy (non-hydrogen) atoms. The Kier molecular flexibility index (Phi) is 6.28. The number of aryl methyl sites for hydroxylation is 2. The molecule has 0 unspecified atom stereocenters. The lowest BCUT2D eigenvalue weighted by Crippen LogP contribution is -2.33. The minimum atomic E-state index is -0.00780. The van der Waals surface area contributed by atoms with E-state index in [4.69, 9.17) is 5.26 Å². The average Bonchev–Trinajstić information content (AvgIpc) is 3.25. The van der Waals surface area contributed by atoms with E-state index in [-0.39, 0.29) is 11.7 Å². The van der Waals surface area contributed by atoms with Crippen molar-refractivity contribution < 1.29 is 4.79 Å². The maximum absolute atomic E-state index is 13.1. The van der Waals surface area contributed by atoms with E-state index in [1.807, 2.05) is 25.1 Å². The second-order valence-electron chi connectivity index (χ2n) is 8.09. The van der Waals surface area contributed by atoms with E-state index in [1.165, 1.54) is 30.2 Å². The normalized spacial score (nSPS) is 16.0. The van der Waals surface area contributed by atoms with Crippen LogP contribution < -0.4 is 9.80 Å². The number of thioether (sulfide) groups is 1. The number of carbonyl (C=O) groups excluding carboxylic acids is 1. The molecule has 4 rings (SSSR count). The molecule has 1 aliphatic heterocycles. The van der Waals surface area contributed by atoms with Gasteiger partial charge in [-0.3, -0.25) is 9.36 Å². The molecule has 2 aliphatic rings. The number of benzene rings is 1. The Morgan fingerprint density at radius 2 is 2.00 bits per heavy atom. The van der Waals surface area contributed by atoms with Gasteiger partial charge < -0.3 is 9.80 Å². The standard InChI is InChI=1S/C22H28N6OS/c1-16-6-7-19(14-17(16)2)27(13-5-10-23)20(29)15-30-22-25-24-21(26-11-3-4-12-26)28(22)18-8-9-18/h6-7,14,18H,3-5,8-9,11-13,15H2,1-2H3. The first kappa shape index (κ1) is 20.7. The fourth-order valence-electron chi connectivity index (χ4n) is 3.81. The van der Waals surface area contributed by atoms with Crippen LogP contribution in [0, 0.1) is 25.2 Å². The molecule has 158 valence electrons. The lowest BCUT2D eigenvalue weighted by Gasteiger charge is -2.23. The number of hydrogen-bond donors (Lipinski definition) is 0. The second kappa shape index (κ2) is 9.09. The van der Waals surface area contributed by atoms with Crippen molar-refractivity contribution in [2.45, 2.75) is 57.1 Å². The van der Waals surface area contributed by atoms with E-state index in [1.54, 1.807) is 4.90 Å². The molecule has 0 radical (unpaired) electrons. The number of aromatic nitrogens is 3. The van der Waals surface area contributed by atoms with Gasteiger partial charge in [-0.2, -0.15) is 5.26 Å². The van der Waals surface area contributed by atoms with Gasteiger partial charge in [-0.25, -0.2) is 0 Å². The van der Waals surface area contributed by atoms with Crippen molar-refractivity contribution in [2.24, 2.45) is 0 Å². The van der Waals surface area contributed by atoms with E-state index < -0.39 is 0 Å². The number of nitriles is 1. The van der Waals surface area contributed by atoms with Crippen molar-refractivity contribution >= 4 is 29.3 Å². The molecule has 1 aromatic heterocycles. The molecular weight excluding hydrogens is 396 g/mol. The third-order valence-electron chi connectivity index (χ3n) is 5.82. The van der Waals surface area contributed by atoms with Crippen molar-refractivity contribution in [3.63, 3.8) is 0 Å². The summed E-state index contributed by atoms with van der Waals surface area (Å²) in [5.41, 5.74) is 3.17. The highest BCUT2D eigenvalue weighted by molar-refractivity contribution is 7.99. The third kappa shape index (κ3) is 4.46. The van der Waals surface area contributed by atoms with Gasteiger partial charge in [-0.15, -0.1) is 10.2 Å². The molecule has 0 bridgehead atoms. The third-order valence-corrected chi connectivity index (χ3v) is 6.75. The van der Waals surface area contributed by atoms with Crippen molar-refractivity contribution in [1.29, 1.82) is 5.26 Å². The first-order valence-corrected chi connectivity index (χ1v) is 11.6. The van der Waals surface area contributed by atoms with Gasteiger partial charge in [0.2, 0.25) is 11.9 Å².